The van der Waals surface area contributed by atoms with E-state index >= 15 is 0 Å². The van der Waals surface area contributed by atoms with Gasteiger partial charge in [0.2, 0.25) is 0 Å². The number of thiophene rings is 1. The SMILES string of the molecule is CC(=O)OC1CC(=O)c2sccc21. The van der Waals surface area contributed by atoms with Crippen molar-refractivity contribution in [1.82, 2.24) is 0 Å². The van der Waals surface area contributed by atoms with Crippen LogP contribution in [-0.4, -0.2) is 11.8 Å². The first-order valence-corrected chi connectivity index (χ1v) is 4.84. The second-order valence-electron chi connectivity index (χ2n) is 2.93. The highest BCUT2D eigenvalue weighted by Crippen LogP contribution is 2.37. The molecule has 0 spiro atoms. The summed E-state index contributed by atoms with van der Waals surface area (Å²) in [5.74, 6) is -0.256. The van der Waals surface area contributed by atoms with Crippen molar-refractivity contribution in [1.29, 1.82) is 0 Å². The summed E-state index contributed by atoms with van der Waals surface area (Å²) in [6.45, 7) is 1.36. The van der Waals surface area contributed by atoms with E-state index < -0.39 is 0 Å². The molecule has 0 bridgehead atoms. The lowest BCUT2D eigenvalue weighted by Crippen LogP contribution is -2.05. The topological polar surface area (TPSA) is 43.4 Å². The molecule has 1 aromatic rings. The van der Waals surface area contributed by atoms with Crippen molar-refractivity contribution in [3.8, 4) is 0 Å². The summed E-state index contributed by atoms with van der Waals surface area (Å²) in [5, 5.41) is 1.85. The molecule has 1 atom stereocenters. The molecule has 0 radical (unpaired) electrons. The summed E-state index contributed by atoms with van der Waals surface area (Å²) >= 11 is 1.41. The number of carbonyl (C=O) groups excluding carboxylic acids is 2. The van der Waals surface area contributed by atoms with Gasteiger partial charge in [-0.25, -0.2) is 0 Å². The van der Waals surface area contributed by atoms with Gasteiger partial charge in [0.25, 0.3) is 0 Å². The fourth-order valence-electron chi connectivity index (χ4n) is 1.48. The number of fused-ring (bicyclic) bond motifs is 1. The van der Waals surface area contributed by atoms with Crippen LogP contribution in [0, 0.1) is 0 Å². The second-order valence-corrected chi connectivity index (χ2v) is 3.85. The van der Waals surface area contributed by atoms with Crippen LogP contribution in [0.1, 0.15) is 34.7 Å². The van der Waals surface area contributed by atoms with Crippen molar-refractivity contribution in [2.75, 3.05) is 0 Å². The largest absolute Gasteiger partial charge is 0.457 e. The van der Waals surface area contributed by atoms with E-state index in [9.17, 15) is 9.59 Å². The minimum atomic E-state index is -0.341. The number of esters is 1. The molecule has 0 amide bonds. The molecule has 13 heavy (non-hydrogen) atoms. The summed E-state index contributed by atoms with van der Waals surface area (Å²) in [6.07, 6.45) is -0.0343. The molecule has 0 saturated carbocycles. The highest BCUT2D eigenvalue weighted by atomic mass is 32.1. The first-order chi connectivity index (χ1) is 6.18. The average molecular weight is 196 g/mol. The molecule has 68 valence electrons. The van der Waals surface area contributed by atoms with Crippen molar-refractivity contribution in [2.24, 2.45) is 0 Å². The van der Waals surface area contributed by atoms with Crippen LogP contribution in [-0.2, 0) is 9.53 Å². The van der Waals surface area contributed by atoms with Gasteiger partial charge in [-0.2, -0.15) is 0 Å². The van der Waals surface area contributed by atoms with E-state index in [1.54, 1.807) is 0 Å². The summed E-state index contributed by atoms with van der Waals surface area (Å²) in [4.78, 5) is 22.8. The number of hydrogen-bond acceptors (Lipinski definition) is 4. The van der Waals surface area contributed by atoms with E-state index in [1.165, 1.54) is 18.3 Å². The highest BCUT2D eigenvalue weighted by molar-refractivity contribution is 7.12. The number of Topliss-reactive ketones (excluding diaryl/α,β-unsaturated/α-hetero) is 1. The Bertz CT molecular complexity index is 367. The van der Waals surface area contributed by atoms with Crippen molar-refractivity contribution < 1.29 is 14.3 Å². The molecule has 1 aliphatic rings. The van der Waals surface area contributed by atoms with Gasteiger partial charge >= 0.3 is 5.97 Å². The molecule has 3 nitrogen and oxygen atoms in total. The third-order valence-electron chi connectivity index (χ3n) is 1.97. The van der Waals surface area contributed by atoms with Gasteiger partial charge in [-0.1, -0.05) is 0 Å². The lowest BCUT2D eigenvalue weighted by atomic mass is 10.2. The van der Waals surface area contributed by atoms with Crippen LogP contribution in [0.2, 0.25) is 0 Å². The molecular weight excluding hydrogens is 188 g/mol. The molecule has 1 unspecified atom stereocenters. The van der Waals surface area contributed by atoms with E-state index in [2.05, 4.69) is 0 Å². The van der Waals surface area contributed by atoms with Gasteiger partial charge in [-0.15, -0.1) is 11.3 Å². The second kappa shape index (κ2) is 2.96. The molecular formula is C9H8O3S. The molecule has 0 saturated heterocycles. The van der Waals surface area contributed by atoms with Crippen LogP contribution < -0.4 is 0 Å². The standard InChI is InChI=1S/C9H8O3S/c1-5(10)12-8-4-7(11)9-6(8)2-3-13-9/h2-3,8H,4H2,1H3. The number of ketones is 1. The van der Waals surface area contributed by atoms with Gasteiger partial charge in [-0.05, 0) is 11.4 Å². The van der Waals surface area contributed by atoms with Crippen LogP contribution >= 0.6 is 11.3 Å². The zero-order valence-electron chi connectivity index (χ0n) is 7.07. The molecule has 0 fully saturated rings. The van der Waals surface area contributed by atoms with Crippen LogP contribution in [0.4, 0.5) is 0 Å². The maximum absolute atomic E-state index is 11.3. The smallest absolute Gasteiger partial charge is 0.303 e. The van der Waals surface area contributed by atoms with Crippen molar-refractivity contribution in [2.45, 2.75) is 19.4 Å². The average Bonchev–Trinajstić information content (AvgIpc) is 2.56. The Morgan fingerprint density at radius 1 is 1.69 bits per heavy atom. The van der Waals surface area contributed by atoms with Gasteiger partial charge in [0.1, 0.15) is 6.10 Å². The molecule has 0 aromatic carbocycles. The number of ether oxygens (including phenoxy) is 1. The Morgan fingerprint density at radius 2 is 2.46 bits per heavy atom. The Balaban J connectivity index is 2.28. The minimum Gasteiger partial charge on any atom is -0.457 e. The maximum atomic E-state index is 11.3. The third-order valence-corrected chi connectivity index (χ3v) is 2.95. The van der Waals surface area contributed by atoms with E-state index in [4.69, 9.17) is 4.74 Å². The van der Waals surface area contributed by atoms with E-state index in [1.807, 2.05) is 11.4 Å². The fraction of sp³-hybridized carbons (Fsp3) is 0.333. The Morgan fingerprint density at radius 3 is 3.15 bits per heavy atom. The lowest BCUT2D eigenvalue weighted by molar-refractivity contribution is -0.146. The molecule has 1 aromatic heterocycles. The quantitative estimate of drug-likeness (QED) is 0.645. The zero-order valence-corrected chi connectivity index (χ0v) is 7.89. The van der Waals surface area contributed by atoms with Crippen LogP contribution in [0.15, 0.2) is 11.4 Å². The third kappa shape index (κ3) is 1.37. The Kier molecular flexibility index (Phi) is 1.92. The number of hydrogen-bond donors (Lipinski definition) is 0. The Labute approximate surface area is 79.3 Å². The summed E-state index contributed by atoms with van der Waals surface area (Å²) < 4.78 is 5.01. The first-order valence-electron chi connectivity index (χ1n) is 3.96. The highest BCUT2D eigenvalue weighted by Gasteiger charge is 2.32. The predicted octanol–water partition coefficient (Wildman–Crippen LogP) is 1.94. The zero-order chi connectivity index (χ0) is 9.42. The normalized spacial score (nSPS) is 20.1. The van der Waals surface area contributed by atoms with Gasteiger partial charge in [0, 0.05) is 12.5 Å². The maximum Gasteiger partial charge on any atom is 0.303 e. The van der Waals surface area contributed by atoms with Crippen LogP contribution in [0.5, 0.6) is 0 Å². The van der Waals surface area contributed by atoms with E-state index in [0.29, 0.717) is 6.42 Å². The van der Waals surface area contributed by atoms with Crippen molar-refractivity contribution in [3.63, 3.8) is 0 Å². The number of carbonyl (C=O) groups is 2. The van der Waals surface area contributed by atoms with Gasteiger partial charge < -0.3 is 4.74 Å². The van der Waals surface area contributed by atoms with Crippen LogP contribution in [0.3, 0.4) is 0 Å². The molecule has 4 heteroatoms. The van der Waals surface area contributed by atoms with Gasteiger partial charge in [0.15, 0.2) is 5.78 Å². The molecule has 0 N–H and O–H groups in total. The summed E-state index contributed by atoms with van der Waals surface area (Å²) in [5.41, 5.74) is 0.866. The summed E-state index contributed by atoms with van der Waals surface area (Å²) in [7, 11) is 0. The van der Waals surface area contributed by atoms with E-state index in [0.717, 1.165) is 10.4 Å². The predicted molar refractivity (Wildman–Crippen MR) is 47.8 cm³/mol. The minimum absolute atomic E-state index is 0.0799. The number of rotatable bonds is 1. The molecule has 1 heterocycles. The van der Waals surface area contributed by atoms with Crippen molar-refractivity contribution >= 4 is 23.1 Å². The fourth-order valence-corrected chi connectivity index (χ4v) is 2.38. The molecule has 1 aliphatic carbocycles. The first kappa shape index (κ1) is 8.44. The van der Waals surface area contributed by atoms with Gasteiger partial charge in [0.05, 0.1) is 11.3 Å². The summed E-state index contributed by atoms with van der Waals surface area (Å²) in [6, 6.07) is 1.85. The Hall–Kier alpha value is -1.16. The monoisotopic (exact) mass is 196 g/mol. The van der Waals surface area contributed by atoms with Gasteiger partial charge in [-0.3, -0.25) is 9.59 Å². The molecule has 0 aliphatic heterocycles. The molecule has 2 rings (SSSR count). The van der Waals surface area contributed by atoms with Crippen LogP contribution in [0.25, 0.3) is 0 Å². The van der Waals surface area contributed by atoms with Crippen molar-refractivity contribution in [3.05, 3.63) is 21.9 Å². The lowest BCUT2D eigenvalue weighted by Gasteiger charge is -2.08. The van der Waals surface area contributed by atoms with E-state index in [-0.39, 0.29) is 17.9 Å².